The Kier molecular flexibility index (Phi) is 6.73. The second kappa shape index (κ2) is 9.44. The zero-order chi connectivity index (χ0) is 20.8. The van der Waals surface area contributed by atoms with Gasteiger partial charge < -0.3 is 9.80 Å². The number of benzene rings is 1. The van der Waals surface area contributed by atoms with Crippen LogP contribution in [0.5, 0.6) is 0 Å². The first-order valence-corrected chi connectivity index (χ1v) is 9.52. The van der Waals surface area contributed by atoms with Crippen molar-refractivity contribution in [2.24, 2.45) is 5.84 Å². The maximum atomic E-state index is 13.8. The molecule has 1 aliphatic rings. The second-order valence-corrected chi connectivity index (χ2v) is 6.78. The molecule has 0 radical (unpaired) electrons. The summed E-state index contributed by atoms with van der Waals surface area (Å²) in [6.07, 6.45) is 1.39. The number of anilines is 1. The summed E-state index contributed by atoms with van der Waals surface area (Å²) in [6, 6.07) is 8.97. The number of nitrogens with two attached hydrogens (primary N) is 1. The molecule has 1 aromatic carbocycles. The fourth-order valence-electron chi connectivity index (χ4n) is 3.24. The predicted molar refractivity (Wildman–Crippen MR) is 108 cm³/mol. The third-order valence-electron chi connectivity index (χ3n) is 4.98. The first-order valence-electron chi connectivity index (χ1n) is 9.52. The largest absolute Gasteiger partial charge is 0.324 e. The number of amides is 3. The molecular weight excluding hydrogens is 375 g/mol. The molecule has 1 aromatic heterocycles. The minimum Gasteiger partial charge on any atom is -0.322 e. The molecule has 8 nitrogen and oxygen atoms in total. The van der Waals surface area contributed by atoms with Gasteiger partial charge in [0.05, 0.1) is 17.8 Å². The van der Waals surface area contributed by atoms with Gasteiger partial charge in [-0.05, 0) is 36.9 Å². The Balaban J connectivity index is 1.82. The molecule has 0 aliphatic carbocycles. The van der Waals surface area contributed by atoms with E-state index in [1.54, 1.807) is 29.2 Å². The van der Waals surface area contributed by atoms with Crippen LogP contribution in [-0.2, 0) is 6.54 Å². The highest BCUT2D eigenvalue weighted by Crippen LogP contribution is 2.21. The first kappa shape index (κ1) is 20.7. The van der Waals surface area contributed by atoms with E-state index in [1.807, 2.05) is 5.43 Å². The molecule has 0 atom stereocenters. The summed E-state index contributed by atoms with van der Waals surface area (Å²) in [7, 11) is 0. The van der Waals surface area contributed by atoms with Crippen molar-refractivity contribution in [2.75, 3.05) is 37.6 Å². The Morgan fingerprint density at radius 3 is 2.55 bits per heavy atom. The third kappa shape index (κ3) is 5.07. The van der Waals surface area contributed by atoms with E-state index in [-0.39, 0.29) is 12.6 Å². The van der Waals surface area contributed by atoms with Gasteiger partial charge in [0.2, 0.25) is 0 Å². The number of rotatable bonds is 5. The Morgan fingerprint density at radius 2 is 1.97 bits per heavy atom. The van der Waals surface area contributed by atoms with Crippen molar-refractivity contribution in [3.8, 4) is 0 Å². The molecule has 0 saturated carbocycles. The quantitative estimate of drug-likeness (QED) is 0.452. The number of hydrazine groups is 1. The monoisotopic (exact) mass is 400 g/mol. The average molecular weight is 400 g/mol. The smallest absolute Gasteiger partial charge is 0.322 e. The summed E-state index contributed by atoms with van der Waals surface area (Å²) in [4.78, 5) is 34.6. The molecule has 0 unspecified atom stereocenters. The predicted octanol–water partition coefficient (Wildman–Crippen LogP) is 1.59. The molecule has 154 valence electrons. The number of hydrogen-bond acceptors (Lipinski definition) is 5. The number of nitrogens with one attached hydrogen (secondary N) is 1. The number of urea groups is 1. The van der Waals surface area contributed by atoms with E-state index in [0.29, 0.717) is 30.0 Å². The number of aromatic nitrogens is 1. The van der Waals surface area contributed by atoms with Crippen LogP contribution in [-0.4, -0.2) is 59.4 Å². The maximum Gasteiger partial charge on any atom is 0.324 e. The van der Waals surface area contributed by atoms with Crippen molar-refractivity contribution in [1.29, 1.82) is 0 Å². The molecule has 1 aliphatic heterocycles. The van der Waals surface area contributed by atoms with Gasteiger partial charge in [-0.2, -0.15) is 0 Å². The third-order valence-corrected chi connectivity index (χ3v) is 4.98. The molecule has 1 saturated heterocycles. The van der Waals surface area contributed by atoms with Gasteiger partial charge in [0, 0.05) is 38.1 Å². The van der Waals surface area contributed by atoms with Crippen molar-refractivity contribution in [1.82, 2.24) is 20.2 Å². The van der Waals surface area contributed by atoms with Crippen molar-refractivity contribution >= 4 is 17.6 Å². The minimum atomic E-state index is -0.448. The molecule has 3 rings (SSSR count). The van der Waals surface area contributed by atoms with Crippen LogP contribution in [0.2, 0.25) is 0 Å². The van der Waals surface area contributed by atoms with Gasteiger partial charge >= 0.3 is 6.03 Å². The summed E-state index contributed by atoms with van der Waals surface area (Å²) < 4.78 is 13.8. The van der Waals surface area contributed by atoms with E-state index in [4.69, 9.17) is 5.84 Å². The van der Waals surface area contributed by atoms with Crippen LogP contribution < -0.4 is 16.2 Å². The molecule has 9 heteroatoms. The fraction of sp³-hybridized carbons (Fsp3) is 0.350. The van der Waals surface area contributed by atoms with Gasteiger partial charge in [-0.15, -0.1) is 0 Å². The molecule has 2 aromatic rings. The summed E-state index contributed by atoms with van der Waals surface area (Å²) in [5.41, 5.74) is 3.39. The van der Waals surface area contributed by atoms with Crippen LogP contribution in [0.4, 0.5) is 14.9 Å². The second-order valence-electron chi connectivity index (χ2n) is 6.78. The fourth-order valence-corrected chi connectivity index (χ4v) is 3.24. The highest BCUT2D eigenvalue weighted by molar-refractivity contribution is 5.93. The van der Waals surface area contributed by atoms with Crippen molar-refractivity contribution < 1.29 is 14.0 Å². The van der Waals surface area contributed by atoms with E-state index in [1.165, 1.54) is 23.2 Å². The number of piperazine rings is 1. The lowest BCUT2D eigenvalue weighted by molar-refractivity contribution is 0.0953. The highest BCUT2D eigenvalue weighted by Gasteiger charge is 2.26. The van der Waals surface area contributed by atoms with E-state index in [9.17, 15) is 14.0 Å². The highest BCUT2D eigenvalue weighted by atomic mass is 19.1. The molecule has 1 fully saturated rings. The summed E-state index contributed by atoms with van der Waals surface area (Å²) in [5.74, 6) is 4.26. The summed E-state index contributed by atoms with van der Waals surface area (Å²) in [6.45, 7) is 6.03. The van der Waals surface area contributed by atoms with Gasteiger partial charge in [-0.3, -0.25) is 20.1 Å². The maximum absolute atomic E-state index is 13.8. The van der Waals surface area contributed by atoms with E-state index < -0.39 is 11.7 Å². The Hall–Kier alpha value is -3.04. The van der Waals surface area contributed by atoms with Crippen LogP contribution >= 0.6 is 0 Å². The first-order chi connectivity index (χ1) is 14.0. The SMILES string of the molecule is CCN1CCN(C(=O)N(Cc2ccc(C(=O)NN)cn2)c2cccc(F)c2)CC1. The van der Waals surface area contributed by atoms with Crippen LogP contribution in [0.3, 0.4) is 0 Å². The average Bonchev–Trinajstić information content (AvgIpc) is 2.77. The number of nitrogen functional groups attached to an aromatic ring is 1. The van der Waals surface area contributed by atoms with Crippen LogP contribution in [0, 0.1) is 5.82 Å². The minimum absolute atomic E-state index is 0.154. The van der Waals surface area contributed by atoms with Crippen LogP contribution in [0.15, 0.2) is 42.6 Å². The lowest BCUT2D eigenvalue weighted by Gasteiger charge is -2.37. The van der Waals surface area contributed by atoms with Gasteiger partial charge in [-0.1, -0.05) is 13.0 Å². The van der Waals surface area contributed by atoms with Crippen molar-refractivity contribution in [2.45, 2.75) is 13.5 Å². The van der Waals surface area contributed by atoms with E-state index in [2.05, 4.69) is 16.8 Å². The Labute approximate surface area is 169 Å². The molecule has 0 spiro atoms. The number of carbonyl (C=O) groups excluding carboxylic acids is 2. The Morgan fingerprint density at radius 1 is 1.21 bits per heavy atom. The van der Waals surface area contributed by atoms with Crippen molar-refractivity contribution in [3.63, 3.8) is 0 Å². The van der Waals surface area contributed by atoms with E-state index in [0.717, 1.165) is 19.6 Å². The number of nitrogens with zero attached hydrogens (tertiary/aromatic N) is 4. The lowest BCUT2D eigenvalue weighted by Crippen LogP contribution is -2.52. The van der Waals surface area contributed by atoms with Crippen LogP contribution in [0.1, 0.15) is 23.0 Å². The standard InChI is InChI=1S/C20H25FN6O2/c1-2-25-8-10-26(11-9-25)20(29)27(18-5-3-4-16(21)12-18)14-17-7-6-15(13-23-17)19(28)24-22/h3-7,12-13H,2,8-11,14,22H2,1H3,(H,24,28). The normalized spacial score (nSPS) is 14.5. The molecular formula is C20H25FN6O2. The summed E-state index contributed by atoms with van der Waals surface area (Å²) >= 11 is 0. The van der Waals surface area contributed by atoms with Gasteiger partial charge in [0.15, 0.2) is 0 Å². The molecule has 0 bridgehead atoms. The number of halogens is 1. The van der Waals surface area contributed by atoms with Crippen LogP contribution in [0.25, 0.3) is 0 Å². The molecule has 2 heterocycles. The zero-order valence-corrected chi connectivity index (χ0v) is 16.3. The molecule has 3 N–H and O–H groups in total. The number of hydrogen-bond donors (Lipinski definition) is 2. The number of likely N-dealkylation sites (N-methyl/N-ethyl adjacent to an activating group) is 1. The number of pyridine rings is 1. The van der Waals surface area contributed by atoms with Gasteiger partial charge in [-0.25, -0.2) is 15.0 Å². The topological polar surface area (TPSA) is 94.8 Å². The lowest BCUT2D eigenvalue weighted by atomic mass is 10.2. The zero-order valence-electron chi connectivity index (χ0n) is 16.3. The van der Waals surface area contributed by atoms with Gasteiger partial charge in [0.1, 0.15) is 5.82 Å². The van der Waals surface area contributed by atoms with Gasteiger partial charge in [0.25, 0.3) is 5.91 Å². The number of carbonyl (C=O) groups is 2. The van der Waals surface area contributed by atoms with E-state index >= 15 is 0 Å². The van der Waals surface area contributed by atoms with Crippen molar-refractivity contribution in [3.05, 3.63) is 59.7 Å². The molecule has 3 amide bonds. The molecule has 29 heavy (non-hydrogen) atoms. The summed E-state index contributed by atoms with van der Waals surface area (Å²) in [5, 5.41) is 0. The Bertz CT molecular complexity index is 852.